The molecule has 150 valence electrons. The van der Waals surface area contributed by atoms with Crippen LogP contribution in [0.4, 0.5) is 4.79 Å². The van der Waals surface area contributed by atoms with Crippen LogP contribution in [0.2, 0.25) is 0 Å². The van der Waals surface area contributed by atoms with Crippen LogP contribution in [0, 0.1) is 5.92 Å². The Balaban J connectivity index is 1.45. The number of para-hydroxylation sites is 1. The van der Waals surface area contributed by atoms with Crippen molar-refractivity contribution in [1.29, 1.82) is 0 Å². The second-order valence-electron chi connectivity index (χ2n) is 7.46. The minimum absolute atomic E-state index is 0.0352. The summed E-state index contributed by atoms with van der Waals surface area (Å²) in [7, 11) is 0. The number of nitrogens with one attached hydrogen (secondary N) is 2. The Labute approximate surface area is 168 Å². The monoisotopic (exact) mass is 394 g/mol. The summed E-state index contributed by atoms with van der Waals surface area (Å²) >= 11 is 0. The number of aromatic nitrogens is 1. The molecule has 2 fully saturated rings. The number of piperidine rings is 1. The highest BCUT2D eigenvalue weighted by molar-refractivity contribution is 6.07. The number of benzene rings is 1. The van der Waals surface area contributed by atoms with Crippen LogP contribution >= 0.6 is 0 Å². The van der Waals surface area contributed by atoms with Crippen LogP contribution in [0.5, 0.6) is 11.5 Å². The molecule has 1 unspecified atom stereocenters. The molecule has 3 heterocycles. The minimum Gasteiger partial charge on any atom is -0.456 e. The van der Waals surface area contributed by atoms with Gasteiger partial charge in [-0.2, -0.15) is 0 Å². The molecule has 4 amide bonds. The maximum Gasteiger partial charge on any atom is 0.322 e. The van der Waals surface area contributed by atoms with Crippen LogP contribution in [0.25, 0.3) is 0 Å². The zero-order valence-electron chi connectivity index (χ0n) is 16.1. The third-order valence-electron chi connectivity index (χ3n) is 5.65. The minimum atomic E-state index is -0.928. The number of ether oxygens (including phenoxy) is 1. The number of hydrogen-bond donors (Lipinski definition) is 2. The average molecular weight is 394 g/mol. The Kier molecular flexibility index (Phi) is 4.92. The van der Waals surface area contributed by atoms with Gasteiger partial charge in [-0.25, -0.2) is 4.79 Å². The lowest BCUT2D eigenvalue weighted by Crippen LogP contribution is -2.54. The lowest BCUT2D eigenvalue weighted by Gasteiger charge is -2.38. The average Bonchev–Trinajstić information content (AvgIpc) is 3.01. The summed E-state index contributed by atoms with van der Waals surface area (Å²) in [5.41, 5.74) is -0.532. The Bertz CT molecular complexity index is 941. The Morgan fingerprint density at radius 3 is 2.55 bits per heavy atom. The first kappa shape index (κ1) is 18.9. The molecule has 1 aromatic carbocycles. The van der Waals surface area contributed by atoms with Gasteiger partial charge in [-0.1, -0.05) is 18.2 Å². The molecule has 1 atom stereocenters. The van der Waals surface area contributed by atoms with E-state index in [-0.39, 0.29) is 17.7 Å². The van der Waals surface area contributed by atoms with Crippen LogP contribution in [0.15, 0.2) is 48.8 Å². The molecule has 4 rings (SSSR count). The zero-order chi connectivity index (χ0) is 20.4. The van der Waals surface area contributed by atoms with Crippen molar-refractivity contribution in [3.8, 4) is 11.5 Å². The van der Waals surface area contributed by atoms with Gasteiger partial charge in [0.2, 0.25) is 0 Å². The van der Waals surface area contributed by atoms with Crippen molar-refractivity contribution in [2.24, 2.45) is 5.92 Å². The molecule has 1 aromatic heterocycles. The molecule has 8 nitrogen and oxygen atoms in total. The van der Waals surface area contributed by atoms with Gasteiger partial charge in [-0.05, 0) is 43.9 Å². The van der Waals surface area contributed by atoms with Gasteiger partial charge in [0.1, 0.15) is 22.6 Å². The Morgan fingerprint density at radius 1 is 1.17 bits per heavy atom. The highest BCUT2D eigenvalue weighted by atomic mass is 16.5. The Hall–Kier alpha value is -3.42. The highest BCUT2D eigenvalue weighted by Crippen LogP contribution is 2.32. The normalized spacial score (nSPS) is 22.2. The van der Waals surface area contributed by atoms with Gasteiger partial charge < -0.3 is 15.0 Å². The smallest absolute Gasteiger partial charge is 0.322 e. The SMILES string of the molecule is CC1(C2CCN(C(=O)c3cnccc3Oc3ccccc3)CC2)NC(=O)NC1=O. The number of hydrogen-bond acceptors (Lipinski definition) is 5. The maximum atomic E-state index is 13.1. The summed E-state index contributed by atoms with van der Waals surface area (Å²) in [6, 6.07) is 10.5. The van der Waals surface area contributed by atoms with Crippen molar-refractivity contribution in [1.82, 2.24) is 20.5 Å². The molecule has 0 radical (unpaired) electrons. The lowest BCUT2D eigenvalue weighted by molar-refractivity contribution is -0.125. The van der Waals surface area contributed by atoms with Crippen molar-refractivity contribution in [3.05, 3.63) is 54.4 Å². The molecule has 2 aliphatic rings. The molecule has 2 N–H and O–H groups in total. The second-order valence-corrected chi connectivity index (χ2v) is 7.46. The van der Waals surface area contributed by atoms with Crippen LogP contribution < -0.4 is 15.4 Å². The number of rotatable bonds is 4. The van der Waals surface area contributed by atoms with Gasteiger partial charge in [0.05, 0.1) is 0 Å². The van der Waals surface area contributed by atoms with Crippen molar-refractivity contribution < 1.29 is 19.1 Å². The van der Waals surface area contributed by atoms with E-state index in [0.717, 1.165) is 0 Å². The summed E-state index contributed by atoms with van der Waals surface area (Å²) in [6.45, 7) is 2.71. The van der Waals surface area contributed by atoms with Crippen molar-refractivity contribution in [2.45, 2.75) is 25.3 Å². The van der Waals surface area contributed by atoms with Crippen molar-refractivity contribution in [3.63, 3.8) is 0 Å². The molecular weight excluding hydrogens is 372 g/mol. The third kappa shape index (κ3) is 3.65. The number of carbonyl (C=O) groups is 3. The van der Waals surface area contributed by atoms with E-state index in [2.05, 4.69) is 15.6 Å². The van der Waals surface area contributed by atoms with Gasteiger partial charge >= 0.3 is 6.03 Å². The topological polar surface area (TPSA) is 101 Å². The van der Waals surface area contributed by atoms with Crippen LogP contribution in [0.1, 0.15) is 30.1 Å². The largest absolute Gasteiger partial charge is 0.456 e. The zero-order valence-corrected chi connectivity index (χ0v) is 16.1. The second kappa shape index (κ2) is 7.54. The number of imide groups is 1. The predicted octanol–water partition coefficient (Wildman–Crippen LogP) is 2.32. The standard InChI is InChI=1S/C21H22N4O4/c1-21(19(27)23-20(28)24-21)14-8-11-25(12-9-14)18(26)16-13-22-10-7-17(16)29-15-5-3-2-4-6-15/h2-7,10,13-14H,8-9,11-12H2,1H3,(H2,23,24,27,28). The van der Waals surface area contributed by atoms with Gasteiger partial charge in [-0.15, -0.1) is 0 Å². The number of urea groups is 1. The highest BCUT2D eigenvalue weighted by Gasteiger charge is 2.48. The maximum absolute atomic E-state index is 13.1. The van der Waals surface area contributed by atoms with Crippen molar-refractivity contribution >= 4 is 17.8 Å². The van der Waals surface area contributed by atoms with E-state index >= 15 is 0 Å². The third-order valence-corrected chi connectivity index (χ3v) is 5.65. The van der Waals surface area contributed by atoms with E-state index in [1.807, 2.05) is 30.3 Å². The van der Waals surface area contributed by atoms with Gasteiger partial charge in [0.25, 0.3) is 11.8 Å². The summed E-state index contributed by atoms with van der Waals surface area (Å²) in [6.07, 6.45) is 4.33. The summed E-state index contributed by atoms with van der Waals surface area (Å²) in [5.74, 6) is 0.590. The fourth-order valence-corrected chi connectivity index (χ4v) is 3.92. The quantitative estimate of drug-likeness (QED) is 0.775. The lowest BCUT2D eigenvalue weighted by atomic mass is 9.79. The molecular formula is C21H22N4O4. The van der Waals surface area contributed by atoms with E-state index in [4.69, 9.17) is 4.74 Å². The van der Waals surface area contributed by atoms with Crippen LogP contribution in [-0.2, 0) is 4.79 Å². The number of nitrogens with zero attached hydrogens (tertiary/aromatic N) is 2. The first-order valence-corrected chi connectivity index (χ1v) is 9.57. The predicted molar refractivity (Wildman–Crippen MR) is 104 cm³/mol. The molecule has 0 aliphatic carbocycles. The van der Waals surface area contributed by atoms with E-state index in [9.17, 15) is 14.4 Å². The number of likely N-dealkylation sites (tertiary alicyclic amines) is 1. The molecule has 2 aliphatic heterocycles. The van der Waals surface area contributed by atoms with Gasteiger partial charge in [-0.3, -0.25) is 19.9 Å². The fraction of sp³-hybridized carbons (Fsp3) is 0.333. The molecule has 2 saturated heterocycles. The molecule has 0 saturated carbocycles. The fourth-order valence-electron chi connectivity index (χ4n) is 3.92. The number of carbonyl (C=O) groups excluding carboxylic acids is 3. The first-order chi connectivity index (χ1) is 14.0. The summed E-state index contributed by atoms with van der Waals surface area (Å²) in [5, 5.41) is 5.03. The summed E-state index contributed by atoms with van der Waals surface area (Å²) < 4.78 is 5.88. The van der Waals surface area contributed by atoms with Gasteiger partial charge in [0, 0.05) is 25.5 Å². The molecule has 0 bridgehead atoms. The molecule has 29 heavy (non-hydrogen) atoms. The van der Waals surface area contributed by atoms with Crippen LogP contribution in [-0.4, -0.2) is 46.4 Å². The van der Waals surface area contributed by atoms with Crippen molar-refractivity contribution in [2.75, 3.05) is 13.1 Å². The van der Waals surface area contributed by atoms with E-state index in [1.54, 1.807) is 24.1 Å². The number of amides is 4. The van der Waals surface area contributed by atoms with Crippen LogP contribution in [0.3, 0.4) is 0 Å². The molecule has 8 heteroatoms. The van der Waals surface area contributed by atoms with E-state index in [1.165, 1.54) is 6.20 Å². The summed E-state index contributed by atoms with van der Waals surface area (Å²) in [4.78, 5) is 42.6. The first-order valence-electron chi connectivity index (χ1n) is 9.57. The Morgan fingerprint density at radius 2 is 1.90 bits per heavy atom. The molecule has 0 spiro atoms. The molecule has 2 aromatic rings. The van der Waals surface area contributed by atoms with Gasteiger partial charge in [0.15, 0.2) is 0 Å². The number of pyridine rings is 1. The van der Waals surface area contributed by atoms with E-state index < -0.39 is 11.6 Å². The van der Waals surface area contributed by atoms with E-state index in [0.29, 0.717) is 43.0 Å².